The zero-order valence-electron chi connectivity index (χ0n) is 8.72. The van der Waals surface area contributed by atoms with E-state index in [-0.39, 0.29) is 0 Å². The van der Waals surface area contributed by atoms with Crippen LogP contribution in [0, 0.1) is 3.57 Å². The van der Waals surface area contributed by atoms with Crippen LogP contribution in [0.1, 0.15) is 32.6 Å². The summed E-state index contributed by atoms with van der Waals surface area (Å²) in [5.41, 5.74) is 1.24. The molecular weight excluding hydrogens is 285 g/mol. The van der Waals surface area contributed by atoms with Crippen molar-refractivity contribution in [3.05, 3.63) is 27.8 Å². The molecule has 0 heterocycles. The van der Waals surface area contributed by atoms with Gasteiger partial charge >= 0.3 is 0 Å². The van der Waals surface area contributed by atoms with Crippen molar-refractivity contribution >= 4 is 28.3 Å². The van der Waals surface area contributed by atoms with Crippen molar-refractivity contribution < 1.29 is 0 Å². The summed E-state index contributed by atoms with van der Waals surface area (Å²) < 4.78 is 1.29. The highest BCUT2D eigenvalue weighted by Gasteiger charge is 1.92. The monoisotopic (exact) mass is 303 g/mol. The molecule has 1 nitrogen and oxygen atoms in total. The predicted molar refractivity (Wildman–Crippen MR) is 71.8 cm³/mol. The number of hydrogen-bond donors (Lipinski definition) is 1. The largest absolute Gasteiger partial charge is 0.385 e. The van der Waals surface area contributed by atoms with Gasteiger partial charge in [-0.15, -0.1) is 0 Å². The van der Waals surface area contributed by atoms with Crippen molar-refractivity contribution in [3.63, 3.8) is 0 Å². The lowest BCUT2D eigenvalue weighted by Crippen LogP contribution is -2.01. The van der Waals surface area contributed by atoms with Crippen LogP contribution in [-0.2, 0) is 0 Å². The minimum absolute atomic E-state index is 1.10. The van der Waals surface area contributed by atoms with E-state index in [0.717, 1.165) is 6.54 Å². The van der Waals surface area contributed by atoms with Gasteiger partial charge in [0.25, 0.3) is 0 Å². The van der Waals surface area contributed by atoms with E-state index in [4.69, 9.17) is 0 Å². The lowest BCUT2D eigenvalue weighted by Gasteiger charge is -2.05. The van der Waals surface area contributed by atoms with Crippen molar-refractivity contribution in [2.24, 2.45) is 0 Å². The standard InChI is InChI=1S/C12H18IN/c1-2-3-4-5-9-14-12-8-6-7-11(13)10-12/h6-8,10,14H,2-5,9H2,1H3. The van der Waals surface area contributed by atoms with Gasteiger partial charge in [0.05, 0.1) is 0 Å². The highest BCUT2D eigenvalue weighted by Crippen LogP contribution is 2.12. The molecule has 0 aliphatic rings. The van der Waals surface area contributed by atoms with Crippen molar-refractivity contribution in [3.8, 4) is 0 Å². The Morgan fingerprint density at radius 1 is 1.21 bits per heavy atom. The number of halogens is 1. The normalized spacial score (nSPS) is 10.1. The third-order valence-electron chi connectivity index (χ3n) is 2.18. The predicted octanol–water partition coefficient (Wildman–Crippen LogP) is 4.28. The zero-order chi connectivity index (χ0) is 10.2. The van der Waals surface area contributed by atoms with Gasteiger partial charge in [-0.3, -0.25) is 0 Å². The van der Waals surface area contributed by atoms with Crippen molar-refractivity contribution in [2.45, 2.75) is 32.6 Å². The number of nitrogens with one attached hydrogen (secondary N) is 1. The topological polar surface area (TPSA) is 12.0 Å². The van der Waals surface area contributed by atoms with Crippen molar-refractivity contribution in [2.75, 3.05) is 11.9 Å². The fraction of sp³-hybridized carbons (Fsp3) is 0.500. The molecule has 0 fully saturated rings. The van der Waals surface area contributed by atoms with E-state index in [1.54, 1.807) is 0 Å². The minimum atomic E-state index is 1.10. The lowest BCUT2D eigenvalue weighted by molar-refractivity contribution is 0.685. The average Bonchev–Trinajstić information content (AvgIpc) is 2.18. The van der Waals surface area contributed by atoms with Gasteiger partial charge in [-0.25, -0.2) is 0 Å². The molecule has 0 radical (unpaired) electrons. The minimum Gasteiger partial charge on any atom is -0.385 e. The van der Waals surface area contributed by atoms with Gasteiger partial charge in [0, 0.05) is 15.8 Å². The third-order valence-corrected chi connectivity index (χ3v) is 2.86. The summed E-state index contributed by atoms with van der Waals surface area (Å²) in [5.74, 6) is 0. The Morgan fingerprint density at radius 3 is 2.79 bits per heavy atom. The molecule has 0 saturated heterocycles. The molecule has 1 aromatic rings. The number of rotatable bonds is 6. The van der Waals surface area contributed by atoms with Gasteiger partial charge in [-0.2, -0.15) is 0 Å². The molecular formula is C12H18IN. The quantitative estimate of drug-likeness (QED) is 0.611. The first-order valence-electron chi connectivity index (χ1n) is 5.32. The van der Waals surface area contributed by atoms with Crippen LogP contribution < -0.4 is 5.32 Å². The van der Waals surface area contributed by atoms with Crippen molar-refractivity contribution in [1.29, 1.82) is 0 Å². The molecule has 0 bridgehead atoms. The van der Waals surface area contributed by atoms with E-state index < -0.39 is 0 Å². The maximum atomic E-state index is 3.44. The van der Waals surface area contributed by atoms with E-state index in [1.165, 1.54) is 34.9 Å². The van der Waals surface area contributed by atoms with Crippen LogP contribution in [0.15, 0.2) is 24.3 Å². The highest BCUT2D eigenvalue weighted by atomic mass is 127. The van der Waals surface area contributed by atoms with Gasteiger partial charge in [0.15, 0.2) is 0 Å². The molecule has 0 saturated carbocycles. The van der Waals surface area contributed by atoms with E-state index in [2.05, 4.69) is 59.1 Å². The van der Waals surface area contributed by atoms with Crippen LogP contribution >= 0.6 is 22.6 Å². The molecule has 0 atom stereocenters. The summed E-state index contributed by atoms with van der Waals surface area (Å²) in [7, 11) is 0. The summed E-state index contributed by atoms with van der Waals surface area (Å²) >= 11 is 2.34. The van der Waals surface area contributed by atoms with E-state index in [9.17, 15) is 0 Å². The molecule has 0 amide bonds. The van der Waals surface area contributed by atoms with Gasteiger partial charge in [-0.1, -0.05) is 32.3 Å². The molecule has 0 spiro atoms. The number of hydrogen-bond acceptors (Lipinski definition) is 1. The summed E-state index contributed by atoms with van der Waals surface area (Å²) in [5, 5.41) is 3.44. The first-order chi connectivity index (χ1) is 6.83. The van der Waals surface area contributed by atoms with Crippen LogP contribution in [0.4, 0.5) is 5.69 Å². The third kappa shape index (κ3) is 4.84. The Morgan fingerprint density at radius 2 is 2.07 bits per heavy atom. The molecule has 1 aromatic carbocycles. The van der Waals surface area contributed by atoms with E-state index >= 15 is 0 Å². The summed E-state index contributed by atoms with van der Waals surface area (Å²) in [6, 6.07) is 8.52. The summed E-state index contributed by atoms with van der Waals surface area (Å²) in [4.78, 5) is 0. The van der Waals surface area contributed by atoms with Gasteiger partial charge in [-0.05, 0) is 47.2 Å². The lowest BCUT2D eigenvalue weighted by atomic mass is 10.2. The summed E-state index contributed by atoms with van der Waals surface area (Å²) in [6.45, 7) is 3.34. The number of benzene rings is 1. The molecule has 2 heteroatoms. The number of unbranched alkanes of at least 4 members (excludes halogenated alkanes) is 3. The molecule has 1 rings (SSSR count). The Hall–Kier alpha value is -0.250. The second-order valence-electron chi connectivity index (χ2n) is 3.50. The molecule has 0 aliphatic carbocycles. The first kappa shape index (κ1) is 11.8. The van der Waals surface area contributed by atoms with Crippen LogP contribution in [0.5, 0.6) is 0 Å². The van der Waals surface area contributed by atoms with Crippen molar-refractivity contribution in [1.82, 2.24) is 0 Å². The second-order valence-corrected chi connectivity index (χ2v) is 4.74. The SMILES string of the molecule is CCCCCCNc1cccc(I)c1. The smallest absolute Gasteiger partial charge is 0.0350 e. The van der Waals surface area contributed by atoms with Gasteiger partial charge in [0.1, 0.15) is 0 Å². The van der Waals surface area contributed by atoms with Crippen LogP contribution in [0.25, 0.3) is 0 Å². The summed E-state index contributed by atoms with van der Waals surface area (Å²) in [6.07, 6.45) is 5.28. The average molecular weight is 303 g/mol. The van der Waals surface area contributed by atoms with Crippen LogP contribution in [-0.4, -0.2) is 6.54 Å². The highest BCUT2D eigenvalue weighted by molar-refractivity contribution is 14.1. The Kier molecular flexibility index (Phi) is 5.99. The zero-order valence-corrected chi connectivity index (χ0v) is 10.9. The fourth-order valence-electron chi connectivity index (χ4n) is 1.38. The van der Waals surface area contributed by atoms with E-state index in [1.807, 2.05) is 0 Å². The van der Waals surface area contributed by atoms with Gasteiger partial charge < -0.3 is 5.32 Å². The second kappa shape index (κ2) is 7.10. The van der Waals surface area contributed by atoms with Crippen LogP contribution in [0.3, 0.4) is 0 Å². The maximum Gasteiger partial charge on any atom is 0.0350 e. The molecule has 0 aliphatic heterocycles. The van der Waals surface area contributed by atoms with Crippen LogP contribution in [0.2, 0.25) is 0 Å². The molecule has 14 heavy (non-hydrogen) atoms. The Bertz CT molecular complexity index is 260. The Balaban J connectivity index is 2.18. The first-order valence-corrected chi connectivity index (χ1v) is 6.40. The maximum absolute atomic E-state index is 3.44. The molecule has 0 aromatic heterocycles. The number of anilines is 1. The molecule has 78 valence electrons. The molecule has 1 N–H and O–H groups in total. The Labute approximate surface area is 100 Å². The van der Waals surface area contributed by atoms with Gasteiger partial charge in [0.2, 0.25) is 0 Å². The van der Waals surface area contributed by atoms with E-state index in [0.29, 0.717) is 0 Å². The molecule has 0 unspecified atom stereocenters. The fourth-order valence-corrected chi connectivity index (χ4v) is 1.93.